The molecule has 0 radical (unpaired) electrons. The molecule has 0 aromatic carbocycles. The van der Waals surface area contributed by atoms with Gasteiger partial charge in [-0.3, -0.25) is 0 Å². The molecule has 102 valence electrons. The summed E-state index contributed by atoms with van der Waals surface area (Å²) >= 11 is 0. The van der Waals surface area contributed by atoms with Crippen molar-refractivity contribution in [1.29, 1.82) is 0 Å². The maximum atomic E-state index is 4.45. The molecule has 1 N–H and O–H groups in total. The van der Waals surface area contributed by atoms with Crippen LogP contribution in [0.25, 0.3) is 0 Å². The summed E-state index contributed by atoms with van der Waals surface area (Å²) < 4.78 is 2.24. The van der Waals surface area contributed by atoms with Crippen molar-refractivity contribution in [3.05, 3.63) is 12.4 Å². The van der Waals surface area contributed by atoms with Gasteiger partial charge in [-0.2, -0.15) is 0 Å². The molecule has 0 bridgehead atoms. The Balaban J connectivity index is 1.91. The highest BCUT2D eigenvalue weighted by Gasteiger charge is 2.23. The van der Waals surface area contributed by atoms with E-state index in [-0.39, 0.29) is 0 Å². The highest BCUT2D eigenvalue weighted by Crippen LogP contribution is 2.19. The molecule has 2 rings (SSSR count). The molecule has 1 aromatic heterocycles. The Morgan fingerprint density at radius 3 is 3.06 bits per heavy atom. The van der Waals surface area contributed by atoms with E-state index in [0.717, 1.165) is 12.5 Å². The Labute approximate surface area is 110 Å². The summed E-state index contributed by atoms with van der Waals surface area (Å²) in [4.78, 5) is 6.88. The Hall–Kier alpha value is -1.03. The van der Waals surface area contributed by atoms with Crippen LogP contribution < -0.4 is 5.32 Å². The van der Waals surface area contributed by atoms with Gasteiger partial charge in [0.25, 0.3) is 0 Å². The number of imidazole rings is 1. The molecule has 2 heterocycles. The number of aryl methyl sites for hydroxylation is 1. The van der Waals surface area contributed by atoms with Gasteiger partial charge in [0.1, 0.15) is 0 Å². The van der Waals surface area contributed by atoms with Crippen molar-refractivity contribution < 1.29 is 0 Å². The van der Waals surface area contributed by atoms with E-state index in [2.05, 4.69) is 46.9 Å². The van der Waals surface area contributed by atoms with Gasteiger partial charge in [0.2, 0.25) is 5.95 Å². The maximum absolute atomic E-state index is 4.45. The van der Waals surface area contributed by atoms with Crippen molar-refractivity contribution in [2.75, 3.05) is 18.9 Å². The number of hydrogen-bond donors (Lipinski definition) is 1. The Morgan fingerprint density at radius 1 is 1.50 bits per heavy atom. The number of hydrogen-bond acceptors (Lipinski definition) is 3. The van der Waals surface area contributed by atoms with Crippen molar-refractivity contribution >= 4 is 5.95 Å². The SMILES string of the molecule is CCCCn1ccnc1NC1CCN(C)C(C)C1. The molecule has 0 amide bonds. The number of likely N-dealkylation sites (tertiary alicyclic amines) is 1. The van der Waals surface area contributed by atoms with E-state index in [1.165, 1.54) is 32.2 Å². The summed E-state index contributed by atoms with van der Waals surface area (Å²) in [5, 5.41) is 3.61. The molecule has 2 unspecified atom stereocenters. The molecule has 0 aliphatic carbocycles. The van der Waals surface area contributed by atoms with Crippen molar-refractivity contribution in [3.8, 4) is 0 Å². The standard InChI is InChI=1S/C14H26N4/c1-4-5-8-18-10-7-15-14(18)16-13-6-9-17(3)12(2)11-13/h7,10,12-13H,4-6,8-9,11H2,1-3H3,(H,15,16). The van der Waals surface area contributed by atoms with E-state index in [9.17, 15) is 0 Å². The van der Waals surface area contributed by atoms with Crippen LogP contribution in [0.3, 0.4) is 0 Å². The van der Waals surface area contributed by atoms with Crippen molar-refractivity contribution in [2.45, 2.75) is 58.2 Å². The van der Waals surface area contributed by atoms with Crippen LogP contribution in [0, 0.1) is 0 Å². The summed E-state index contributed by atoms with van der Waals surface area (Å²) in [7, 11) is 2.21. The van der Waals surface area contributed by atoms with E-state index in [1.54, 1.807) is 0 Å². The van der Waals surface area contributed by atoms with Crippen LogP contribution in [0.1, 0.15) is 39.5 Å². The summed E-state index contributed by atoms with van der Waals surface area (Å²) in [6, 6.07) is 1.23. The minimum atomic E-state index is 0.568. The molecule has 18 heavy (non-hydrogen) atoms. The number of nitrogens with zero attached hydrogens (tertiary/aromatic N) is 3. The second-order valence-corrected chi connectivity index (χ2v) is 5.49. The van der Waals surface area contributed by atoms with Crippen LogP contribution in [-0.2, 0) is 6.54 Å². The van der Waals surface area contributed by atoms with Crippen LogP contribution in [0.4, 0.5) is 5.95 Å². The third-order valence-electron chi connectivity index (χ3n) is 4.01. The molecule has 0 saturated carbocycles. The fourth-order valence-electron chi connectivity index (χ4n) is 2.56. The average molecular weight is 250 g/mol. The quantitative estimate of drug-likeness (QED) is 0.872. The summed E-state index contributed by atoms with van der Waals surface area (Å²) in [5.41, 5.74) is 0. The lowest BCUT2D eigenvalue weighted by Gasteiger charge is -2.35. The first-order valence-electron chi connectivity index (χ1n) is 7.18. The smallest absolute Gasteiger partial charge is 0.202 e. The first kappa shape index (κ1) is 13.4. The molecule has 1 aliphatic rings. The van der Waals surface area contributed by atoms with Crippen molar-refractivity contribution in [2.24, 2.45) is 0 Å². The number of unbranched alkanes of at least 4 members (excludes halogenated alkanes) is 1. The van der Waals surface area contributed by atoms with E-state index in [0.29, 0.717) is 12.1 Å². The monoisotopic (exact) mass is 250 g/mol. The van der Waals surface area contributed by atoms with Gasteiger partial charge in [-0.1, -0.05) is 13.3 Å². The molecule has 1 fully saturated rings. The molecular weight excluding hydrogens is 224 g/mol. The molecule has 2 atom stereocenters. The van der Waals surface area contributed by atoms with Gasteiger partial charge in [-0.25, -0.2) is 4.98 Å². The Morgan fingerprint density at radius 2 is 2.33 bits per heavy atom. The minimum Gasteiger partial charge on any atom is -0.353 e. The van der Waals surface area contributed by atoms with Crippen molar-refractivity contribution in [1.82, 2.24) is 14.5 Å². The van der Waals surface area contributed by atoms with Gasteiger partial charge < -0.3 is 14.8 Å². The van der Waals surface area contributed by atoms with Gasteiger partial charge in [0.05, 0.1) is 0 Å². The van der Waals surface area contributed by atoms with Crippen LogP contribution in [0.5, 0.6) is 0 Å². The highest BCUT2D eigenvalue weighted by atomic mass is 15.2. The first-order chi connectivity index (χ1) is 8.70. The number of anilines is 1. The zero-order valence-electron chi connectivity index (χ0n) is 11.9. The minimum absolute atomic E-state index is 0.568. The maximum Gasteiger partial charge on any atom is 0.202 e. The summed E-state index contributed by atoms with van der Waals surface area (Å²) in [6.45, 7) is 6.77. The second kappa shape index (κ2) is 6.23. The molecule has 1 saturated heterocycles. The lowest BCUT2D eigenvalue weighted by molar-refractivity contribution is 0.189. The fourth-order valence-corrected chi connectivity index (χ4v) is 2.56. The number of piperidine rings is 1. The molecule has 1 aliphatic heterocycles. The predicted octanol–water partition coefficient (Wildman–Crippen LogP) is 2.58. The van der Waals surface area contributed by atoms with Crippen LogP contribution >= 0.6 is 0 Å². The number of nitrogens with one attached hydrogen (secondary N) is 1. The van der Waals surface area contributed by atoms with E-state index in [4.69, 9.17) is 0 Å². The fraction of sp³-hybridized carbons (Fsp3) is 0.786. The third-order valence-corrected chi connectivity index (χ3v) is 4.01. The predicted molar refractivity (Wildman–Crippen MR) is 75.9 cm³/mol. The summed E-state index contributed by atoms with van der Waals surface area (Å²) in [5.74, 6) is 1.05. The molecule has 1 aromatic rings. The van der Waals surface area contributed by atoms with Gasteiger partial charge >= 0.3 is 0 Å². The Kier molecular flexibility index (Phi) is 4.64. The zero-order chi connectivity index (χ0) is 13.0. The lowest BCUT2D eigenvalue weighted by atomic mass is 9.99. The van der Waals surface area contributed by atoms with Crippen molar-refractivity contribution in [3.63, 3.8) is 0 Å². The van der Waals surface area contributed by atoms with Gasteiger partial charge in [0, 0.05) is 37.6 Å². The van der Waals surface area contributed by atoms with Gasteiger partial charge in [0.15, 0.2) is 0 Å². The normalized spacial score (nSPS) is 25.3. The second-order valence-electron chi connectivity index (χ2n) is 5.49. The lowest BCUT2D eigenvalue weighted by Crippen LogP contribution is -2.43. The van der Waals surface area contributed by atoms with Crippen LogP contribution in [0.2, 0.25) is 0 Å². The van der Waals surface area contributed by atoms with E-state index < -0.39 is 0 Å². The molecule has 0 spiro atoms. The van der Waals surface area contributed by atoms with Crippen LogP contribution in [-0.4, -0.2) is 40.1 Å². The number of rotatable bonds is 5. The van der Waals surface area contributed by atoms with Gasteiger partial charge in [-0.05, 0) is 33.2 Å². The summed E-state index contributed by atoms with van der Waals surface area (Å²) in [6.07, 6.45) is 8.84. The van der Waals surface area contributed by atoms with E-state index in [1.807, 2.05) is 6.20 Å². The largest absolute Gasteiger partial charge is 0.353 e. The third kappa shape index (κ3) is 3.25. The molecule has 4 nitrogen and oxygen atoms in total. The molecular formula is C14H26N4. The zero-order valence-corrected chi connectivity index (χ0v) is 11.9. The topological polar surface area (TPSA) is 33.1 Å². The highest BCUT2D eigenvalue weighted by molar-refractivity contribution is 5.28. The first-order valence-corrected chi connectivity index (χ1v) is 7.18. The average Bonchev–Trinajstić information content (AvgIpc) is 2.79. The Bertz CT molecular complexity index is 360. The van der Waals surface area contributed by atoms with Gasteiger partial charge in [-0.15, -0.1) is 0 Å². The van der Waals surface area contributed by atoms with E-state index >= 15 is 0 Å². The number of aromatic nitrogens is 2. The molecule has 4 heteroatoms. The van der Waals surface area contributed by atoms with Crippen LogP contribution in [0.15, 0.2) is 12.4 Å².